The summed E-state index contributed by atoms with van der Waals surface area (Å²) in [5.74, 6) is -0.485. The van der Waals surface area contributed by atoms with Crippen molar-refractivity contribution in [1.29, 1.82) is 0 Å². The second-order valence-corrected chi connectivity index (χ2v) is 4.52. The molecule has 1 aromatic carbocycles. The van der Waals surface area contributed by atoms with Crippen LogP contribution < -0.4 is 5.32 Å². The molecule has 0 saturated heterocycles. The van der Waals surface area contributed by atoms with Crippen LogP contribution in [-0.4, -0.2) is 30.3 Å². The topological polar surface area (TPSA) is 58.6 Å². The Hall–Kier alpha value is -0.780. The molecule has 0 bridgehead atoms. The second kappa shape index (κ2) is 6.83. The number of rotatable bonds is 5. The minimum Gasteiger partial charge on any atom is -0.464 e. The van der Waals surface area contributed by atoms with Gasteiger partial charge in [-0.2, -0.15) is 0 Å². The van der Waals surface area contributed by atoms with Gasteiger partial charge in [0.25, 0.3) is 0 Å². The Morgan fingerprint density at radius 3 is 2.88 bits per heavy atom. The summed E-state index contributed by atoms with van der Waals surface area (Å²) in [6.45, 7) is 1.66. The number of hydrogen-bond donors (Lipinski definition) is 2. The summed E-state index contributed by atoms with van der Waals surface area (Å²) in [6, 6.07) is 4.36. The molecule has 17 heavy (non-hydrogen) atoms. The first-order valence-electron chi connectivity index (χ1n) is 5.07. The average Bonchev–Trinajstić information content (AvgIpc) is 2.30. The predicted molar refractivity (Wildman–Crippen MR) is 70.3 cm³/mol. The van der Waals surface area contributed by atoms with Gasteiger partial charge < -0.3 is 15.2 Å². The summed E-state index contributed by atoms with van der Waals surface area (Å²) in [7, 11) is 0. The standard InChI is InChI=1S/C11H13BrClNO3/c1-2-17-11(16)10(6-15)14-7-3-4-9(13)8(12)5-7/h3-5,10,14-15H,2,6H2,1H3. The van der Waals surface area contributed by atoms with E-state index in [2.05, 4.69) is 21.2 Å². The van der Waals surface area contributed by atoms with E-state index in [4.69, 9.17) is 21.4 Å². The smallest absolute Gasteiger partial charge is 0.330 e. The summed E-state index contributed by atoms with van der Waals surface area (Å²) < 4.78 is 5.53. The summed E-state index contributed by atoms with van der Waals surface area (Å²) in [6.07, 6.45) is 0. The lowest BCUT2D eigenvalue weighted by Gasteiger charge is -2.16. The average molecular weight is 323 g/mol. The number of carbonyl (C=O) groups is 1. The number of benzene rings is 1. The van der Waals surface area contributed by atoms with Crippen LogP contribution in [0, 0.1) is 0 Å². The van der Waals surface area contributed by atoms with Gasteiger partial charge in [-0.05, 0) is 41.1 Å². The predicted octanol–water partition coefficient (Wildman–Crippen LogP) is 2.44. The fourth-order valence-electron chi connectivity index (χ4n) is 1.21. The molecular formula is C11H13BrClNO3. The molecule has 1 unspecified atom stereocenters. The Bertz CT molecular complexity index is 400. The zero-order valence-electron chi connectivity index (χ0n) is 9.24. The Balaban J connectivity index is 2.73. The lowest BCUT2D eigenvalue weighted by Crippen LogP contribution is -2.34. The number of aliphatic hydroxyl groups excluding tert-OH is 1. The highest BCUT2D eigenvalue weighted by Gasteiger charge is 2.18. The fraction of sp³-hybridized carbons (Fsp3) is 0.364. The highest BCUT2D eigenvalue weighted by Crippen LogP contribution is 2.25. The third-order valence-electron chi connectivity index (χ3n) is 2.01. The van der Waals surface area contributed by atoms with E-state index >= 15 is 0 Å². The third kappa shape index (κ3) is 4.18. The van der Waals surface area contributed by atoms with Crippen LogP contribution in [0.1, 0.15) is 6.92 Å². The summed E-state index contributed by atoms with van der Waals surface area (Å²) >= 11 is 9.12. The lowest BCUT2D eigenvalue weighted by molar-refractivity contribution is -0.144. The fourth-order valence-corrected chi connectivity index (χ4v) is 1.71. The molecule has 1 rings (SSSR count). The molecule has 1 atom stereocenters. The molecule has 0 aliphatic rings. The number of aliphatic hydroxyl groups is 1. The molecule has 0 heterocycles. The summed E-state index contributed by atoms with van der Waals surface area (Å²) in [4.78, 5) is 11.4. The quantitative estimate of drug-likeness (QED) is 0.818. The summed E-state index contributed by atoms with van der Waals surface area (Å²) in [5.41, 5.74) is 0.674. The van der Waals surface area contributed by atoms with Crippen molar-refractivity contribution in [1.82, 2.24) is 0 Å². The van der Waals surface area contributed by atoms with Gasteiger partial charge in [-0.15, -0.1) is 0 Å². The molecule has 4 nitrogen and oxygen atoms in total. The van der Waals surface area contributed by atoms with Crippen LogP contribution in [-0.2, 0) is 9.53 Å². The van der Waals surface area contributed by atoms with E-state index in [0.717, 1.165) is 0 Å². The number of nitrogens with one attached hydrogen (secondary N) is 1. The highest BCUT2D eigenvalue weighted by atomic mass is 79.9. The number of halogens is 2. The molecule has 2 N–H and O–H groups in total. The Labute approximate surface area is 113 Å². The maximum absolute atomic E-state index is 11.4. The van der Waals surface area contributed by atoms with E-state index in [0.29, 0.717) is 15.2 Å². The van der Waals surface area contributed by atoms with Crippen molar-refractivity contribution in [3.8, 4) is 0 Å². The maximum atomic E-state index is 11.4. The van der Waals surface area contributed by atoms with Crippen LogP contribution in [0.3, 0.4) is 0 Å². The van der Waals surface area contributed by atoms with E-state index in [1.165, 1.54) is 0 Å². The van der Waals surface area contributed by atoms with Gasteiger partial charge in [0.1, 0.15) is 6.04 Å². The third-order valence-corrected chi connectivity index (χ3v) is 3.23. The van der Waals surface area contributed by atoms with Crippen LogP contribution in [0.5, 0.6) is 0 Å². The van der Waals surface area contributed by atoms with Crippen LogP contribution in [0.2, 0.25) is 5.02 Å². The van der Waals surface area contributed by atoms with Crippen LogP contribution >= 0.6 is 27.5 Å². The van der Waals surface area contributed by atoms with Crippen molar-refractivity contribution >= 4 is 39.2 Å². The SMILES string of the molecule is CCOC(=O)C(CO)Nc1ccc(Cl)c(Br)c1. The first kappa shape index (κ1) is 14.3. The minimum atomic E-state index is -0.775. The van der Waals surface area contributed by atoms with Crippen LogP contribution in [0.25, 0.3) is 0 Å². The van der Waals surface area contributed by atoms with E-state index < -0.39 is 12.0 Å². The zero-order valence-corrected chi connectivity index (χ0v) is 11.6. The normalized spacial score (nSPS) is 12.0. The van der Waals surface area contributed by atoms with Crippen molar-refractivity contribution < 1.29 is 14.6 Å². The molecule has 0 aromatic heterocycles. The van der Waals surface area contributed by atoms with Gasteiger partial charge in [0.05, 0.1) is 18.2 Å². The highest BCUT2D eigenvalue weighted by molar-refractivity contribution is 9.10. The Kier molecular flexibility index (Phi) is 5.74. The second-order valence-electron chi connectivity index (χ2n) is 3.26. The van der Waals surface area contributed by atoms with Crippen LogP contribution in [0.4, 0.5) is 5.69 Å². The first-order valence-corrected chi connectivity index (χ1v) is 6.24. The van der Waals surface area contributed by atoms with E-state index in [1.54, 1.807) is 25.1 Å². The molecule has 0 aliphatic heterocycles. The van der Waals surface area contributed by atoms with Gasteiger partial charge in [-0.3, -0.25) is 0 Å². The van der Waals surface area contributed by atoms with Gasteiger partial charge in [-0.25, -0.2) is 4.79 Å². The van der Waals surface area contributed by atoms with Crippen LogP contribution in [0.15, 0.2) is 22.7 Å². The zero-order chi connectivity index (χ0) is 12.8. The number of hydrogen-bond acceptors (Lipinski definition) is 4. The van der Waals surface area contributed by atoms with Gasteiger partial charge in [0, 0.05) is 10.2 Å². The number of ether oxygens (including phenoxy) is 1. The van der Waals surface area contributed by atoms with Crippen molar-refractivity contribution in [2.75, 3.05) is 18.5 Å². The molecule has 0 fully saturated rings. The number of carbonyl (C=O) groups excluding carboxylic acids is 1. The van der Waals surface area contributed by atoms with Gasteiger partial charge in [-0.1, -0.05) is 11.6 Å². The van der Waals surface area contributed by atoms with Crippen molar-refractivity contribution in [3.63, 3.8) is 0 Å². The van der Waals surface area contributed by atoms with E-state index in [-0.39, 0.29) is 13.2 Å². The van der Waals surface area contributed by atoms with Gasteiger partial charge in [0.2, 0.25) is 0 Å². The minimum absolute atomic E-state index is 0.279. The van der Waals surface area contributed by atoms with Gasteiger partial charge in [0.15, 0.2) is 0 Å². The number of anilines is 1. The Morgan fingerprint density at radius 2 is 2.35 bits per heavy atom. The largest absolute Gasteiger partial charge is 0.464 e. The van der Waals surface area contributed by atoms with E-state index in [1.807, 2.05) is 0 Å². The molecule has 1 aromatic rings. The molecule has 0 saturated carbocycles. The molecule has 0 amide bonds. The Morgan fingerprint density at radius 1 is 1.65 bits per heavy atom. The number of esters is 1. The van der Waals surface area contributed by atoms with Gasteiger partial charge >= 0.3 is 5.97 Å². The molecule has 6 heteroatoms. The van der Waals surface area contributed by atoms with Crippen molar-refractivity contribution in [3.05, 3.63) is 27.7 Å². The molecular weight excluding hydrogens is 309 g/mol. The van der Waals surface area contributed by atoms with Crippen molar-refractivity contribution in [2.24, 2.45) is 0 Å². The lowest BCUT2D eigenvalue weighted by atomic mass is 10.2. The molecule has 0 radical (unpaired) electrons. The maximum Gasteiger partial charge on any atom is 0.330 e. The van der Waals surface area contributed by atoms with Crippen molar-refractivity contribution in [2.45, 2.75) is 13.0 Å². The molecule has 0 spiro atoms. The monoisotopic (exact) mass is 321 g/mol. The van der Waals surface area contributed by atoms with E-state index in [9.17, 15) is 4.79 Å². The summed E-state index contributed by atoms with van der Waals surface area (Å²) in [5, 5.41) is 12.6. The molecule has 0 aliphatic carbocycles. The first-order chi connectivity index (χ1) is 8.08. The molecule has 94 valence electrons.